The maximum Gasteiger partial charge on any atom is 0.254 e. The molecule has 1 aliphatic carbocycles. The van der Waals surface area contributed by atoms with Crippen LogP contribution >= 0.6 is 0 Å². The molecular weight excluding hydrogens is 282 g/mol. The molecule has 0 N–H and O–H groups in total. The molecule has 3 rings (SSSR count). The van der Waals surface area contributed by atoms with Gasteiger partial charge in [-0.05, 0) is 31.0 Å². The highest BCUT2D eigenvalue weighted by Gasteiger charge is 2.37. The van der Waals surface area contributed by atoms with E-state index in [1.807, 2.05) is 4.90 Å². The molecule has 1 saturated carbocycles. The third-order valence-corrected chi connectivity index (χ3v) is 4.62. The molecule has 120 valence electrons. The molecule has 5 nitrogen and oxygen atoms in total. The average Bonchev–Trinajstić information content (AvgIpc) is 2.60. The second-order valence-corrected chi connectivity index (χ2v) is 5.83. The van der Waals surface area contributed by atoms with Crippen LogP contribution in [-0.2, 0) is 4.74 Å². The monoisotopic (exact) mass is 305 g/mol. The molecule has 0 unspecified atom stereocenters. The molecule has 1 saturated heterocycles. The first-order valence-electron chi connectivity index (χ1n) is 7.89. The van der Waals surface area contributed by atoms with Crippen LogP contribution in [0.5, 0.6) is 11.5 Å². The number of hydrogen-bond donors (Lipinski definition) is 0. The fourth-order valence-electron chi connectivity index (χ4n) is 3.48. The number of amides is 1. The quantitative estimate of drug-likeness (QED) is 0.861. The van der Waals surface area contributed by atoms with Crippen molar-refractivity contribution in [3.63, 3.8) is 0 Å². The van der Waals surface area contributed by atoms with Crippen molar-refractivity contribution in [2.45, 2.75) is 37.8 Å². The molecule has 1 aromatic carbocycles. The number of carbonyl (C=O) groups excluding carboxylic acids is 1. The first kappa shape index (κ1) is 15.2. The van der Waals surface area contributed by atoms with Crippen LogP contribution in [0.1, 0.15) is 36.0 Å². The third kappa shape index (κ3) is 2.77. The highest BCUT2D eigenvalue weighted by atomic mass is 16.5. The van der Waals surface area contributed by atoms with Crippen LogP contribution in [0.2, 0.25) is 0 Å². The van der Waals surface area contributed by atoms with E-state index in [1.54, 1.807) is 32.4 Å². The van der Waals surface area contributed by atoms with Crippen molar-refractivity contribution in [3.8, 4) is 11.5 Å². The van der Waals surface area contributed by atoms with Gasteiger partial charge in [0.25, 0.3) is 5.91 Å². The summed E-state index contributed by atoms with van der Waals surface area (Å²) in [6.07, 6.45) is 4.65. The van der Waals surface area contributed by atoms with Crippen LogP contribution in [0.3, 0.4) is 0 Å². The smallest absolute Gasteiger partial charge is 0.254 e. The van der Waals surface area contributed by atoms with Crippen LogP contribution < -0.4 is 9.47 Å². The molecule has 0 spiro atoms. The topological polar surface area (TPSA) is 48.0 Å². The lowest BCUT2D eigenvalue weighted by atomic mass is 9.89. The summed E-state index contributed by atoms with van der Waals surface area (Å²) < 4.78 is 16.4. The van der Waals surface area contributed by atoms with Gasteiger partial charge in [-0.3, -0.25) is 4.79 Å². The number of ether oxygens (including phenoxy) is 3. The van der Waals surface area contributed by atoms with Crippen molar-refractivity contribution in [1.29, 1.82) is 0 Å². The summed E-state index contributed by atoms with van der Waals surface area (Å²) in [5.41, 5.74) is 0.642. The minimum atomic E-state index is 0.0566. The molecule has 22 heavy (non-hydrogen) atoms. The summed E-state index contributed by atoms with van der Waals surface area (Å²) in [6.45, 7) is 1.29. The first-order valence-corrected chi connectivity index (χ1v) is 7.89. The summed E-state index contributed by atoms with van der Waals surface area (Å²) in [4.78, 5) is 14.9. The van der Waals surface area contributed by atoms with Gasteiger partial charge in [0, 0.05) is 12.1 Å². The number of hydrogen-bond acceptors (Lipinski definition) is 4. The van der Waals surface area contributed by atoms with Gasteiger partial charge in [-0.2, -0.15) is 0 Å². The number of morpholine rings is 1. The van der Waals surface area contributed by atoms with E-state index in [1.165, 1.54) is 12.8 Å². The van der Waals surface area contributed by atoms with E-state index >= 15 is 0 Å². The molecule has 1 aromatic rings. The van der Waals surface area contributed by atoms with Gasteiger partial charge in [-0.25, -0.2) is 0 Å². The van der Waals surface area contributed by atoms with E-state index in [2.05, 4.69) is 0 Å². The van der Waals surface area contributed by atoms with Crippen molar-refractivity contribution in [3.05, 3.63) is 23.8 Å². The second kappa shape index (κ2) is 6.57. The van der Waals surface area contributed by atoms with Gasteiger partial charge in [0.2, 0.25) is 0 Å². The predicted octanol–water partition coefficient (Wildman–Crippen LogP) is 2.49. The van der Waals surface area contributed by atoms with Gasteiger partial charge in [-0.15, -0.1) is 0 Å². The van der Waals surface area contributed by atoms with E-state index in [4.69, 9.17) is 14.2 Å². The normalized spacial score (nSPS) is 24.5. The summed E-state index contributed by atoms with van der Waals surface area (Å²) in [5, 5.41) is 0. The SMILES string of the molecule is COc1ccc(C(=O)N2CCO[C@H]3CCCC[C@@H]32)cc1OC. The fourth-order valence-corrected chi connectivity index (χ4v) is 3.48. The molecular formula is C17H23NO4. The van der Waals surface area contributed by atoms with Crippen LogP contribution in [0.4, 0.5) is 0 Å². The Labute approximate surface area is 131 Å². The number of nitrogens with zero attached hydrogens (tertiary/aromatic N) is 1. The molecule has 2 aliphatic rings. The highest BCUT2D eigenvalue weighted by molar-refractivity contribution is 5.95. The van der Waals surface area contributed by atoms with Crippen LogP contribution in [0.15, 0.2) is 18.2 Å². The minimum absolute atomic E-state index is 0.0566. The predicted molar refractivity (Wildman–Crippen MR) is 82.6 cm³/mol. The summed E-state index contributed by atoms with van der Waals surface area (Å²) in [6, 6.07) is 5.55. The Kier molecular flexibility index (Phi) is 4.52. The Morgan fingerprint density at radius 2 is 1.95 bits per heavy atom. The Morgan fingerprint density at radius 3 is 2.73 bits per heavy atom. The van der Waals surface area contributed by atoms with Crippen molar-refractivity contribution >= 4 is 5.91 Å². The van der Waals surface area contributed by atoms with E-state index in [0.717, 1.165) is 12.8 Å². The van der Waals surface area contributed by atoms with E-state index < -0.39 is 0 Å². The zero-order chi connectivity index (χ0) is 15.5. The largest absolute Gasteiger partial charge is 0.493 e. The zero-order valence-corrected chi connectivity index (χ0v) is 13.2. The molecule has 2 atom stereocenters. The third-order valence-electron chi connectivity index (χ3n) is 4.62. The van der Waals surface area contributed by atoms with Gasteiger partial charge in [0.1, 0.15) is 0 Å². The highest BCUT2D eigenvalue weighted by Crippen LogP contribution is 2.32. The number of fused-ring (bicyclic) bond motifs is 1. The maximum atomic E-state index is 12.9. The molecule has 2 fully saturated rings. The van der Waals surface area contributed by atoms with Crippen LogP contribution in [0, 0.1) is 0 Å². The average molecular weight is 305 g/mol. The molecule has 0 bridgehead atoms. The van der Waals surface area contributed by atoms with E-state index in [0.29, 0.717) is 30.2 Å². The molecule has 0 aromatic heterocycles. The summed E-state index contributed by atoms with van der Waals surface area (Å²) >= 11 is 0. The molecule has 1 heterocycles. The zero-order valence-electron chi connectivity index (χ0n) is 13.2. The molecule has 1 amide bonds. The summed E-state index contributed by atoms with van der Waals surface area (Å²) in [5.74, 6) is 1.28. The Hall–Kier alpha value is -1.75. The van der Waals surface area contributed by atoms with E-state index in [9.17, 15) is 4.79 Å². The minimum Gasteiger partial charge on any atom is -0.493 e. The lowest BCUT2D eigenvalue weighted by molar-refractivity contribution is -0.0752. The van der Waals surface area contributed by atoms with Gasteiger partial charge in [-0.1, -0.05) is 12.8 Å². The molecule has 0 radical (unpaired) electrons. The fraction of sp³-hybridized carbons (Fsp3) is 0.588. The van der Waals surface area contributed by atoms with Crippen LogP contribution in [-0.4, -0.2) is 50.3 Å². The number of rotatable bonds is 3. The Balaban J connectivity index is 1.83. The van der Waals surface area contributed by atoms with Crippen molar-refractivity contribution in [2.24, 2.45) is 0 Å². The van der Waals surface area contributed by atoms with Crippen LogP contribution in [0.25, 0.3) is 0 Å². The standard InChI is InChI=1S/C17H23NO4/c1-20-15-8-7-12(11-16(15)21-2)17(19)18-9-10-22-14-6-4-3-5-13(14)18/h7-8,11,13-14H,3-6,9-10H2,1-2H3/t13-,14-/m0/s1. The van der Waals surface area contributed by atoms with Gasteiger partial charge in [0.15, 0.2) is 11.5 Å². The maximum absolute atomic E-state index is 12.9. The van der Waals surface area contributed by atoms with E-state index in [-0.39, 0.29) is 18.1 Å². The van der Waals surface area contributed by atoms with Gasteiger partial charge >= 0.3 is 0 Å². The lowest BCUT2D eigenvalue weighted by Gasteiger charge is -2.43. The number of benzene rings is 1. The second-order valence-electron chi connectivity index (χ2n) is 5.83. The Morgan fingerprint density at radius 1 is 1.18 bits per heavy atom. The molecule has 5 heteroatoms. The van der Waals surface area contributed by atoms with Crippen molar-refractivity contribution in [1.82, 2.24) is 4.90 Å². The van der Waals surface area contributed by atoms with Gasteiger partial charge < -0.3 is 19.1 Å². The lowest BCUT2D eigenvalue weighted by Crippen LogP contribution is -2.54. The van der Waals surface area contributed by atoms with Crippen molar-refractivity contribution < 1.29 is 19.0 Å². The van der Waals surface area contributed by atoms with Gasteiger partial charge in [0.05, 0.1) is 33.0 Å². The number of carbonyl (C=O) groups is 1. The Bertz CT molecular complexity index is 543. The summed E-state index contributed by atoms with van der Waals surface area (Å²) in [7, 11) is 3.17. The van der Waals surface area contributed by atoms with Crippen molar-refractivity contribution in [2.75, 3.05) is 27.4 Å². The molecule has 1 aliphatic heterocycles. The number of methoxy groups -OCH3 is 2. The first-order chi connectivity index (χ1) is 10.7.